The molecule has 5 heteroatoms. The maximum Gasteiger partial charge on any atom is 0.277 e. The van der Waals surface area contributed by atoms with E-state index in [9.17, 15) is 0 Å². The molecule has 1 aromatic heterocycles. The highest BCUT2D eigenvalue weighted by molar-refractivity contribution is 9.10. The van der Waals surface area contributed by atoms with E-state index in [1.165, 1.54) is 11.1 Å². The zero-order valence-electron chi connectivity index (χ0n) is 13.0. The Kier molecular flexibility index (Phi) is 5.18. The lowest BCUT2D eigenvalue weighted by Crippen LogP contribution is -1.88. The molecular formula is C18H17BrN2OS. The van der Waals surface area contributed by atoms with Gasteiger partial charge in [0.05, 0.1) is 5.56 Å². The van der Waals surface area contributed by atoms with E-state index in [0.717, 1.165) is 15.8 Å². The quantitative estimate of drug-likeness (QED) is 0.508. The summed E-state index contributed by atoms with van der Waals surface area (Å²) < 4.78 is 6.69. The van der Waals surface area contributed by atoms with Gasteiger partial charge in [0, 0.05) is 10.2 Å². The Bertz CT molecular complexity index is 784. The van der Waals surface area contributed by atoms with Crippen LogP contribution in [-0.2, 0) is 5.75 Å². The van der Waals surface area contributed by atoms with Crippen molar-refractivity contribution < 1.29 is 4.42 Å². The second-order valence-corrected chi connectivity index (χ2v) is 7.32. The maximum atomic E-state index is 5.74. The van der Waals surface area contributed by atoms with Crippen LogP contribution in [0.4, 0.5) is 0 Å². The molecule has 3 rings (SSSR count). The van der Waals surface area contributed by atoms with Crippen molar-refractivity contribution in [3.8, 4) is 11.5 Å². The highest BCUT2D eigenvalue weighted by atomic mass is 79.9. The van der Waals surface area contributed by atoms with E-state index in [1.807, 2.05) is 24.3 Å². The van der Waals surface area contributed by atoms with Crippen molar-refractivity contribution in [1.29, 1.82) is 0 Å². The fourth-order valence-corrected chi connectivity index (χ4v) is 3.33. The summed E-state index contributed by atoms with van der Waals surface area (Å²) in [4.78, 5) is 0. The fourth-order valence-electron chi connectivity index (χ4n) is 2.16. The Hall–Kier alpha value is -1.59. The Balaban J connectivity index is 1.67. The van der Waals surface area contributed by atoms with Crippen molar-refractivity contribution in [2.24, 2.45) is 0 Å². The number of nitrogens with zero attached hydrogens (tertiary/aromatic N) is 2. The highest BCUT2D eigenvalue weighted by Gasteiger charge is 2.11. The van der Waals surface area contributed by atoms with Crippen LogP contribution in [0.25, 0.3) is 11.5 Å². The van der Waals surface area contributed by atoms with Crippen LogP contribution in [0.5, 0.6) is 0 Å². The van der Waals surface area contributed by atoms with Gasteiger partial charge in [0.2, 0.25) is 5.89 Å². The zero-order valence-corrected chi connectivity index (χ0v) is 15.4. The minimum absolute atomic E-state index is 0.537. The Morgan fingerprint density at radius 3 is 2.48 bits per heavy atom. The highest BCUT2D eigenvalue weighted by Crippen LogP contribution is 2.30. The smallest absolute Gasteiger partial charge is 0.277 e. The van der Waals surface area contributed by atoms with E-state index in [-0.39, 0.29) is 0 Å². The Labute approximate surface area is 148 Å². The zero-order chi connectivity index (χ0) is 16.2. The lowest BCUT2D eigenvalue weighted by molar-refractivity contribution is 0.465. The van der Waals surface area contributed by atoms with Gasteiger partial charge in [-0.3, -0.25) is 0 Å². The summed E-state index contributed by atoms with van der Waals surface area (Å²) in [5, 5.41) is 8.84. The van der Waals surface area contributed by atoms with Crippen LogP contribution in [0.15, 0.2) is 62.6 Å². The van der Waals surface area contributed by atoms with Gasteiger partial charge in [-0.2, -0.15) is 0 Å². The molecule has 2 aromatic carbocycles. The van der Waals surface area contributed by atoms with E-state index in [0.29, 0.717) is 17.0 Å². The van der Waals surface area contributed by atoms with Gasteiger partial charge >= 0.3 is 0 Å². The summed E-state index contributed by atoms with van der Waals surface area (Å²) >= 11 is 5.06. The minimum Gasteiger partial charge on any atom is -0.411 e. The molecule has 0 N–H and O–H groups in total. The number of benzene rings is 2. The average molecular weight is 389 g/mol. The van der Waals surface area contributed by atoms with Crippen molar-refractivity contribution in [2.75, 3.05) is 0 Å². The SMILES string of the molecule is CC(C)c1ccc(CSc2nnc(-c3ccccc3Br)o2)cc1. The normalized spacial score (nSPS) is 11.1. The second kappa shape index (κ2) is 7.32. The predicted molar refractivity (Wildman–Crippen MR) is 97.5 cm³/mol. The lowest BCUT2D eigenvalue weighted by atomic mass is 10.0. The van der Waals surface area contributed by atoms with Crippen LogP contribution in [0, 0.1) is 0 Å². The number of hydrogen-bond acceptors (Lipinski definition) is 4. The van der Waals surface area contributed by atoms with Crippen LogP contribution in [0.2, 0.25) is 0 Å². The first-order valence-electron chi connectivity index (χ1n) is 7.43. The molecule has 3 aromatic rings. The van der Waals surface area contributed by atoms with Crippen molar-refractivity contribution >= 4 is 27.7 Å². The third-order valence-electron chi connectivity index (χ3n) is 3.52. The third kappa shape index (κ3) is 4.03. The van der Waals surface area contributed by atoms with Crippen LogP contribution in [0.1, 0.15) is 30.9 Å². The van der Waals surface area contributed by atoms with Crippen molar-refractivity contribution in [2.45, 2.75) is 30.7 Å². The van der Waals surface area contributed by atoms with Crippen LogP contribution < -0.4 is 0 Å². The van der Waals surface area contributed by atoms with Crippen molar-refractivity contribution in [3.63, 3.8) is 0 Å². The average Bonchev–Trinajstić information content (AvgIpc) is 3.02. The van der Waals surface area contributed by atoms with Gasteiger partial charge in [-0.25, -0.2) is 0 Å². The summed E-state index contributed by atoms with van der Waals surface area (Å²) in [5.41, 5.74) is 3.51. The molecule has 0 aliphatic heterocycles. The van der Waals surface area contributed by atoms with Crippen LogP contribution >= 0.6 is 27.7 Å². The molecule has 23 heavy (non-hydrogen) atoms. The monoisotopic (exact) mass is 388 g/mol. The summed E-state index contributed by atoms with van der Waals surface area (Å²) in [6.07, 6.45) is 0. The van der Waals surface area contributed by atoms with E-state index < -0.39 is 0 Å². The largest absolute Gasteiger partial charge is 0.411 e. The van der Waals surface area contributed by atoms with E-state index in [4.69, 9.17) is 4.42 Å². The molecule has 0 bridgehead atoms. The molecule has 0 aliphatic carbocycles. The number of rotatable bonds is 5. The van der Waals surface area contributed by atoms with E-state index in [2.05, 4.69) is 64.2 Å². The Morgan fingerprint density at radius 2 is 1.78 bits per heavy atom. The van der Waals surface area contributed by atoms with Crippen molar-refractivity contribution in [3.05, 3.63) is 64.1 Å². The molecule has 0 aliphatic rings. The molecule has 0 fully saturated rings. The molecular weight excluding hydrogens is 372 g/mol. The van der Waals surface area contributed by atoms with Crippen LogP contribution in [0.3, 0.4) is 0 Å². The topological polar surface area (TPSA) is 38.9 Å². The minimum atomic E-state index is 0.537. The van der Waals surface area contributed by atoms with E-state index >= 15 is 0 Å². The molecule has 0 saturated carbocycles. The Morgan fingerprint density at radius 1 is 1.04 bits per heavy atom. The van der Waals surface area contributed by atoms with Gasteiger partial charge in [-0.15, -0.1) is 10.2 Å². The van der Waals surface area contributed by atoms with Gasteiger partial charge in [-0.05, 0) is 45.1 Å². The van der Waals surface area contributed by atoms with Gasteiger partial charge < -0.3 is 4.42 Å². The van der Waals surface area contributed by atoms with Gasteiger partial charge in [0.1, 0.15) is 0 Å². The summed E-state index contributed by atoms with van der Waals surface area (Å²) in [7, 11) is 0. The first kappa shape index (κ1) is 16.3. The molecule has 118 valence electrons. The summed E-state index contributed by atoms with van der Waals surface area (Å²) in [6.45, 7) is 4.40. The van der Waals surface area contributed by atoms with Gasteiger partial charge in [0.15, 0.2) is 0 Å². The number of thioether (sulfide) groups is 1. The lowest BCUT2D eigenvalue weighted by Gasteiger charge is -2.05. The molecule has 0 amide bonds. The molecule has 0 unspecified atom stereocenters. The second-order valence-electron chi connectivity index (χ2n) is 5.54. The fraction of sp³-hybridized carbons (Fsp3) is 0.222. The first-order valence-corrected chi connectivity index (χ1v) is 9.21. The number of halogens is 1. The standard InChI is InChI=1S/C18H17BrN2OS/c1-12(2)14-9-7-13(8-10-14)11-23-18-21-20-17(22-18)15-5-3-4-6-16(15)19/h3-10,12H,11H2,1-2H3. The van der Waals surface area contributed by atoms with Gasteiger partial charge in [-0.1, -0.05) is 62.0 Å². The molecule has 0 atom stereocenters. The summed E-state index contributed by atoms with van der Waals surface area (Å²) in [5.74, 6) is 1.91. The van der Waals surface area contributed by atoms with Crippen LogP contribution in [-0.4, -0.2) is 10.2 Å². The first-order chi connectivity index (χ1) is 11.1. The molecule has 0 spiro atoms. The van der Waals surface area contributed by atoms with E-state index in [1.54, 1.807) is 11.8 Å². The molecule has 1 heterocycles. The predicted octanol–water partition coefficient (Wildman–Crippen LogP) is 5.91. The molecule has 0 saturated heterocycles. The molecule has 3 nitrogen and oxygen atoms in total. The number of hydrogen-bond donors (Lipinski definition) is 0. The maximum absolute atomic E-state index is 5.74. The third-order valence-corrected chi connectivity index (χ3v) is 5.10. The summed E-state index contributed by atoms with van der Waals surface area (Å²) in [6, 6.07) is 16.5. The van der Waals surface area contributed by atoms with Crippen molar-refractivity contribution in [1.82, 2.24) is 10.2 Å². The molecule has 0 radical (unpaired) electrons. The van der Waals surface area contributed by atoms with Gasteiger partial charge in [0.25, 0.3) is 5.22 Å². The number of aromatic nitrogens is 2.